The molecule has 1 fully saturated rings. The van der Waals surface area contributed by atoms with Crippen LogP contribution in [0.25, 0.3) is 0 Å². The Hall–Kier alpha value is -0.770. The third-order valence-corrected chi connectivity index (χ3v) is 2.14. The standard InChI is InChI=1S/C7H12ClN3O/c8-5-2-1-3-6(4-5)10-11-7(9)12/h5H,1-4H2,(H3,9,11,12)/b10-6-. The summed E-state index contributed by atoms with van der Waals surface area (Å²) in [4.78, 5) is 10.3. The van der Waals surface area contributed by atoms with Gasteiger partial charge in [-0.2, -0.15) is 5.10 Å². The molecule has 68 valence electrons. The molecule has 0 heterocycles. The molecule has 1 aliphatic carbocycles. The van der Waals surface area contributed by atoms with Gasteiger partial charge in [-0.25, -0.2) is 10.2 Å². The topological polar surface area (TPSA) is 67.5 Å². The van der Waals surface area contributed by atoms with Crippen LogP contribution in [0.3, 0.4) is 0 Å². The molecule has 5 heteroatoms. The Bertz CT molecular complexity index is 205. The van der Waals surface area contributed by atoms with Crippen molar-refractivity contribution in [2.24, 2.45) is 10.8 Å². The van der Waals surface area contributed by atoms with E-state index in [-0.39, 0.29) is 5.38 Å². The van der Waals surface area contributed by atoms with Crippen LogP contribution in [0.4, 0.5) is 4.79 Å². The summed E-state index contributed by atoms with van der Waals surface area (Å²) in [5.74, 6) is 0. The van der Waals surface area contributed by atoms with Gasteiger partial charge in [-0.15, -0.1) is 11.6 Å². The highest BCUT2D eigenvalue weighted by Gasteiger charge is 2.15. The van der Waals surface area contributed by atoms with Crippen molar-refractivity contribution in [2.45, 2.75) is 31.1 Å². The number of carbonyl (C=O) groups is 1. The highest BCUT2D eigenvalue weighted by Crippen LogP contribution is 2.20. The van der Waals surface area contributed by atoms with E-state index in [0.717, 1.165) is 31.4 Å². The summed E-state index contributed by atoms with van der Waals surface area (Å²) in [7, 11) is 0. The van der Waals surface area contributed by atoms with Gasteiger partial charge in [0, 0.05) is 17.5 Å². The zero-order valence-corrected chi connectivity index (χ0v) is 7.47. The molecule has 4 nitrogen and oxygen atoms in total. The van der Waals surface area contributed by atoms with Gasteiger partial charge < -0.3 is 5.73 Å². The summed E-state index contributed by atoms with van der Waals surface area (Å²) in [6.45, 7) is 0. The van der Waals surface area contributed by atoms with Crippen LogP contribution in [0.1, 0.15) is 25.7 Å². The summed E-state index contributed by atoms with van der Waals surface area (Å²) < 4.78 is 0. The molecular weight excluding hydrogens is 178 g/mol. The van der Waals surface area contributed by atoms with Crippen molar-refractivity contribution in [2.75, 3.05) is 0 Å². The summed E-state index contributed by atoms with van der Waals surface area (Å²) in [5, 5.41) is 4.00. The smallest absolute Gasteiger partial charge is 0.332 e. The molecule has 0 aromatic heterocycles. The number of hydrogen-bond donors (Lipinski definition) is 2. The number of rotatable bonds is 1. The molecule has 1 unspecified atom stereocenters. The van der Waals surface area contributed by atoms with E-state index in [4.69, 9.17) is 17.3 Å². The molecule has 0 aliphatic heterocycles. The molecule has 3 N–H and O–H groups in total. The van der Waals surface area contributed by atoms with E-state index in [0.29, 0.717) is 0 Å². The first kappa shape index (κ1) is 9.32. The van der Waals surface area contributed by atoms with Gasteiger partial charge in [-0.3, -0.25) is 0 Å². The number of urea groups is 1. The minimum atomic E-state index is -0.626. The lowest BCUT2D eigenvalue weighted by molar-refractivity contribution is 0.249. The Kier molecular flexibility index (Phi) is 3.34. The van der Waals surface area contributed by atoms with Gasteiger partial charge in [-0.1, -0.05) is 0 Å². The Morgan fingerprint density at radius 2 is 2.50 bits per heavy atom. The number of nitrogens with zero attached hydrogens (tertiary/aromatic N) is 1. The Balaban J connectivity index is 2.39. The number of alkyl halides is 1. The summed E-state index contributed by atoms with van der Waals surface area (Å²) in [6, 6.07) is -0.626. The number of primary amides is 1. The van der Waals surface area contributed by atoms with Crippen LogP contribution in [0.15, 0.2) is 5.10 Å². The molecule has 0 saturated heterocycles. The number of halogens is 1. The molecule has 1 atom stereocenters. The van der Waals surface area contributed by atoms with Gasteiger partial charge in [-0.05, 0) is 19.3 Å². The van der Waals surface area contributed by atoms with Crippen LogP contribution < -0.4 is 11.2 Å². The molecule has 0 aromatic carbocycles. The second-order valence-corrected chi connectivity index (χ2v) is 3.46. The number of nitrogens with two attached hydrogens (primary N) is 1. The zero-order chi connectivity index (χ0) is 8.97. The van der Waals surface area contributed by atoms with Crippen LogP contribution in [-0.2, 0) is 0 Å². The van der Waals surface area contributed by atoms with Crippen molar-refractivity contribution < 1.29 is 4.79 Å². The minimum Gasteiger partial charge on any atom is -0.350 e. The average molecular weight is 190 g/mol. The Morgan fingerprint density at radius 3 is 3.08 bits per heavy atom. The van der Waals surface area contributed by atoms with Gasteiger partial charge in [0.25, 0.3) is 0 Å². The van der Waals surface area contributed by atoms with Gasteiger partial charge in [0.1, 0.15) is 0 Å². The molecule has 1 rings (SSSR count). The van der Waals surface area contributed by atoms with Crippen molar-refractivity contribution in [3.63, 3.8) is 0 Å². The molecule has 0 spiro atoms. The molecule has 2 amide bonds. The van der Waals surface area contributed by atoms with Gasteiger partial charge in [0.15, 0.2) is 0 Å². The third-order valence-electron chi connectivity index (χ3n) is 1.76. The monoisotopic (exact) mass is 189 g/mol. The lowest BCUT2D eigenvalue weighted by Crippen LogP contribution is -2.27. The van der Waals surface area contributed by atoms with Crippen LogP contribution in [0, 0.1) is 0 Å². The third kappa shape index (κ3) is 3.09. The second-order valence-electron chi connectivity index (χ2n) is 2.85. The maximum atomic E-state index is 10.3. The van der Waals surface area contributed by atoms with Gasteiger partial charge in [0.2, 0.25) is 0 Å². The molecule has 12 heavy (non-hydrogen) atoms. The van der Waals surface area contributed by atoms with Crippen LogP contribution in [0.2, 0.25) is 0 Å². The molecular formula is C7H12ClN3O. The maximum Gasteiger partial charge on any atom is 0.332 e. The van der Waals surface area contributed by atoms with Crippen molar-refractivity contribution in [3.8, 4) is 0 Å². The van der Waals surface area contributed by atoms with E-state index in [1.165, 1.54) is 0 Å². The van der Waals surface area contributed by atoms with E-state index in [9.17, 15) is 4.79 Å². The number of nitrogens with one attached hydrogen (secondary N) is 1. The fourth-order valence-electron chi connectivity index (χ4n) is 1.22. The maximum absolute atomic E-state index is 10.3. The molecule has 1 saturated carbocycles. The average Bonchev–Trinajstić information content (AvgIpc) is 2.01. The second kappa shape index (κ2) is 4.30. The summed E-state index contributed by atoms with van der Waals surface area (Å²) in [6.07, 6.45) is 3.72. The van der Waals surface area contributed by atoms with E-state index >= 15 is 0 Å². The number of hydrazone groups is 1. The van der Waals surface area contributed by atoms with Crippen LogP contribution in [-0.4, -0.2) is 17.1 Å². The largest absolute Gasteiger partial charge is 0.350 e. The number of amides is 2. The number of carbonyl (C=O) groups excluding carboxylic acids is 1. The van der Waals surface area contributed by atoms with E-state index in [1.54, 1.807) is 0 Å². The molecule has 0 radical (unpaired) electrons. The molecule has 0 bridgehead atoms. The lowest BCUT2D eigenvalue weighted by atomic mass is 9.98. The first-order valence-corrected chi connectivity index (χ1v) is 4.37. The highest BCUT2D eigenvalue weighted by atomic mass is 35.5. The van der Waals surface area contributed by atoms with Crippen molar-refractivity contribution in [1.82, 2.24) is 5.43 Å². The molecule has 0 aromatic rings. The number of hydrogen-bond acceptors (Lipinski definition) is 2. The van der Waals surface area contributed by atoms with Crippen molar-refractivity contribution in [3.05, 3.63) is 0 Å². The van der Waals surface area contributed by atoms with E-state index < -0.39 is 6.03 Å². The SMILES string of the molecule is NC(=O)N/N=C1/CCCC(Cl)C1. The zero-order valence-electron chi connectivity index (χ0n) is 6.72. The minimum absolute atomic E-state index is 0.159. The Labute approximate surface area is 76.1 Å². The Morgan fingerprint density at radius 1 is 1.75 bits per heavy atom. The van der Waals surface area contributed by atoms with Crippen molar-refractivity contribution >= 4 is 23.3 Å². The predicted octanol–water partition coefficient (Wildman–Crippen LogP) is 1.19. The normalized spacial score (nSPS) is 27.1. The first-order valence-electron chi connectivity index (χ1n) is 3.93. The summed E-state index contributed by atoms with van der Waals surface area (Å²) in [5.41, 5.74) is 7.99. The highest BCUT2D eigenvalue weighted by molar-refractivity contribution is 6.22. The molecule has 1 aliphatic rings. The predicted molar refractivity (Wildman–Crippen MR) is 48.3 cm³/mol. The lowest BCUT2D eigenvalue weighted by Gasteiger charge is -2.16. The van der Waals surface area contributed by atoms with Crippen LogP contribution >= 0.6 is 11.6 Å². The van der Waals surface area contributed by atoms with Gasteiger partial charge in [0.05, 0.1) is 0 Å². The fourth-order valence-corrected chi connectivity index (χ4v) is 1.56. The van der Waals surface area contributed by atoms with E-state index in [2.05, 4.69) is 10.5 Å². The van der Waals surface area contributed by atoms with Crippen molar-refractivity contribution in [1.29, 1.82) is 0 Å². The summed E-state index contributed by atoms with van der Waals surface area (Å²) >= 11 is 5.90. The quantitative estimate of drug-likeness (QED) is 0.472. The fraction of sp³-hybridized carbons (Fsp3) is 0.714. The first-order chi connectivity index (χ1) is 5.68. The van der Waals surface area contributed by atoms with Crippen LogP contribution in [0.5, 0.6) is 0 Å². The van der Waals surface area contributed by atoms with Gasteiger partial charge >= 0.3 is 6.03 Å². The van der Waals surface area contributed by atoms with E-state index in [1.807, 2.05) is 0 Å².